The fourth-order valence-electron chi connectivity index (χ4n) is 4.83. The molecule has 210 valence electrons. The van der Waals surface area contributed by atoms with Crippen LogP contribution in [0.4, 0.5) is 30.6 Å². The number of nitrogens with one attached hydrogen (secondary N) is 2. The van der Waals surface area contributed by atoms with E-state index in [1.165, 1.54) is 18.2 Å². The highest BCUT2D eigenvalue weighted by Crippen LogP contribution is 2.33. The van der Waals surface area contributed by atoms with Gasteiger partial charge in [-0.3, -0.25) is 10.1 Å². The number of aromatic nitrogens is 3. The zero-order chi connectivity index (χ0) is 28.2. The molecule has 1 aliphatic carbocycles. The van der Waals surface area contributed by atoms with E-state index in [-0.39, 0.29) is 46.9 Å². The number of nitro groups is 1. The van der Waals surface area contributed by atoms with Gasteiger partial charge in [0.1, 0.15) is 17.2 Å². The highest BCUT2D eigenvalue weighted by Gasteiger charge is 2.32. The molecule has 4 rings (SSSR count). The third kappa shape index (κ3) is 7.34. The fraction of sp³-hybridized carbons (Fsp3) is 0.480. The molecule has 39 heavy (non-hydrogen) atoms. The van der Waals surface area contributed by atoms with Gasteiger partial charge >= 0.3 is 12.0 Å². The van der Waals surface area contributed by atoms with Crippen molar-refractivity contribution in [2.45, 2.75) is 71.4 Å². The molecule has 0 spiro atoms. The number of halogens is 3. The number of nitrogen functional groups attached to an aromatic ring is 1. The minimum atomic E-state index is -4.85. The summed E-state index contributed by atoms with van der Waals surface area (Å²) in [7, 11) is 0. The second kappa shape index (κ2) is 11.8. The maximum atomic E-state index is 12.7. The van der Waals surface area contributed by atoms with Crippen LogP contribution in [-0.2, 0) is 19.5 Å². The first-order valence-corrected chi connectivity index (χ1v) is 12.5. The lowest BCUT2D eigenvalue weighted by Crippen LogP contribution is -2.33. The fourth-order valence-corrected chi connectivity index (χ4v) is 4.83. The van der Waals surface area contributed by atoms with Crippen LogP contribution in [0.15, 0.2) is 28.8 Å². The van der Waals surface area contributed by atoms with Crippen LogP contribution >= 0.6 is 0 Å². The molecular weight excluding hydrogens is 519 g/mol. The average Bonchev–Trinajstić information content (AvgIpc) is 3.18. The maximum absolute atomic E-state index is 12.7. The van der Waals surface area contributed by atoms with Crippen LogP contribution in [-0.4, -0.2) is 32.5 Å². The Kier molecular flexibility index (Phi) is 8.53. The molecule has 2 aromatic heterocycles. The monoisotopic (exact) mass is 549 g/mol. The van der Waals surface area contributed by atoms with Crippen LogP contribution in [0.2, 0.25) is 0 Å². The number of hydrogen-bond acceptors (Lipinski definition) is 10. The van der Waals surface area contributed by atoms with Crippen molar-refractivity contribution in [1.29, 1.82) is 0 Å². The van der Waals surface area contributed by atoms with Gasteiger partial charge in [-0.25, -0.2) is 4.98 Å². The normalized spacial score (nSPS) is 17.7. The largest absolute Gasteiger partial charge is 0.573 e. The Morgan fingerprint density at radius 3 is 2.51 bits per heavy atom. The molecule has 1 aliphatic rings. The third-order valence-electron chi connectivity index (χ3n) is 6.88. The number of nitrogens with two attached hydrogens (primary N) is 1. The number of alkyl halides is 3. The summed E-state index contributed by atoms with van der Waals surface area (Å²) in [4.78, 5) is 19.4. The Hall–Kier alpha value is -3.94. The molecule has 1 fully saturated rings. The molecule has 0 unspecified atom stereocenters. The van der Waals surface area contributed by atoms with Gasteiger partial charge in [-0.05, 0) is 57.9 Å². The van der Waals surface area contributed by atoms with E-state index < -0.39 is 11.3 Å². The van der Waals surface area contributed by atoms with Crippen molar-refractivity contribution in [3.05, 3.63) is 62.7 Å². The van der Waals surface area contributed by atoms with E-state index >= 15 is 0 Å². The van der Waals surface area contributed by atoms with E-state index in [0.29, 0.717) is 19.0 Å². The quantitative estimate of drug-likeness (QED) is 0.233. The molecule has 0 radical (unpaired) electrons. The molecule has 1 saturated carbocycles. The van der Waals surface area contributed by atoms with Gasteiger partial charge in [0.05, 0.1) is 10.6 Å². The predicted octanol–water partition coefficient (Wildman–Crippen LogP) is 4.97. The summed E-state index contributed by atoms with van der Waals surface area (Å²) < 4.78 is 47.5. The summed E-state index contributed by atoms with van der Waals surface area (Å²) in [6.07, 6.45) is -1.05. The number of anilines is 2. The molecule has 3 aromatic rings. The average molecular weight is 550 g/mol. The van der Waals surface area contributed by atoms with Crippen LogP contribution in [0.5, 0.6) is 5.75 Å². The van der Waals surface area contributed by atoms with Crippen molar-refractivity contribution in [2.24, 2.45) is 5.92 Å². The molecule has 0 amide bonds. The van der Waals surface area contributed by atoms with Gasteiger partial charge in [0.25, 0.3) is 0 Å². The zero-order valence-electron chi connectivity index (χ0n) is 21.5. The van der Waals surface area contributed by atoms with Gasteiger partial charge in [0, 0.05) is 30.3 Å². The van der Waals surface area contributed by atoms with E-state index in [4.69, 9.17) is 10.3 Å². The zero-order valence-corrected chi connectivity index (χ0v) is 21.5. The minimum absolute atomic E-state index is 0.00951. The van der Waals surface area contributed by atoms with Gasteiger partial charge in [-0.1, -0.05) is 23.4 Å². The summed E-state index contributed by atoms with van der Waals surface area (Å²) in [5.41, 5.74) is 7.89. The van der Waals surface area contributed by atoms with E-state index in [1.807, 2.05) is 13.8 Å². The lowest BCUT2D eigenvalue weighted by Gasteiger charge is -2.29. The van der Waals surface area contributed by atoms with Gasteiger partial charge in [-0.15, -0.1) is 13.2 Å². The molecule has 0 saturated heterocycles. The van der Waals surface area contributed by atoms with Gasteiger partial charge < -0.3 is 25.6 Å². The van der Waals surface area contributed by atoms with Crippen LogP contribution in [0.1, 0.15) is 54.0 Å². The summed E-state index contributed by atoms with van der Waals surface area (Å²) >= 11 is 0. The minimum Gasteiger partial charge on any atom is -0.405 e. The number of rotatable bonds is 10. The predicted molar refractivity (Wildman–Crippen MR) is 136 cm³/mol. The van der Waals surface area contributed by atoms with Crippen LogP contribution in [0.25, 0.3) is 0 Å². The first-order chi connectivity index (χ1) is 18.5. The Morgan fingerprint density at radius 1 is 1.15 bits per heavy atom. The molecule has 1 aromatic carbocycles. The number of aryl methyl sites for hydroxylation is 2. The molecule has 2 heterocycles. The maximum Gasteiger partial charge on any atom is 0.573 e. The van der Waals surface area contributed by atoms with E-state index in [0.717, 1.165) is 42.7 Å². The third-order valence-corrected chi connectivity index (χ3v) is 6.88. The van der Waals surface area contributed by atoms with E-state index in [1.54, 1.807) is 6.07 Å². The van der Waals surface area contributed by atoms with Crippen molar-refractivity contribution in [2.75, 3.05) is 11.1 Å². The molecule has 0 bridgehead atoms. The summed E-state index contributed by atoms with van der Waals surface area (Å²) in [6, 6.07) is 5.94. The molecule has 14 heteroatoms. The summed E-state index contributed by atoms with van der Waals surface area (Å²) in [5.74, 6) is 0.270. The van der Waals surface area contributed by atoms with E-state index in [2.05, 4.69) is 30.5 Å². The molecule has 0 atom stereocenters. The Morgan fingerprint density at radius 2 is 1.87 bits per heavy atom. The second-order valence-corrected chi connectivity index (χ2v) is 9.60. The summed E-state index contributed by atoms with van der Waals surface area (Å²) in [5, 5.41) is 22.1. The number of para-hydroxylation sites is 1. The van der Waals surface area contributed by atoms with Gasteiger partial charge in [0.15, 0.2) is 0 Å². The topological polar surface area (TPSA) is 154 Å². The molecule has 11 nitrogen and oxygen atoms in total. The molecular formula is C25H30F3N7O4. The lowest BCUT2D eigenvalue weighted by atomic mass is 9.83. The Bertz CT molecular complexity index is 1290. The van der Waals surface area contributed by atoms with Crippen molar-refractivity contribution >= 4 is 17.5 Å². The molecule has 4 N–H and O–H groups in total. The highest BCUT2D eigenvalue weighted by molar-refractivity contribution is 5.58. The highest BCUT2D eigenvalue weighted by atomic mass is 19.4. The lowest BCUT2D eigenvalue weighted by molar-refractivity contribution is -0.385. The van der Waals surface area contributed by atoms with Crippen molar-refractivity contribution in [3.8, 4) is 5.75 Å². The number of hydrogen-bond donors (Lipinski definition) is 3. The van der Waals surface area contributed by atoms with Crippen molar-refractivity contribution < 1.29 is 27.4 Å². The molecule has 0 aliphatic heterocycles. The SMILES string of the molecule is Cc1noc(C)c1CNC1CCC(Cc2nc(NCc3ccccc3OC(F)(F)F)nc(N)c2[N+](=O)[O-])CC1. The van der Waals surface area contributed by atoms with Gasteiger partial charge in [-0.2, -0.15) is 4.98 Å². The first-order valence-electron chi connectivity index (χ1n) is 12.5. The van der Waals surface area contributed by atoms with Crippen LogP contribution < -0.4 is 21.1 Å². The standard InChI is InChI=1S/C25H30F3N7O4/c1-14-19(15(2)39-34-14)13-30-18-9-7-16(8-10-18)11-20-22(35(36)37)23(29)33-24(32-20)31-12-17-5-3-4-6-21(17)38-25(26,27)28/h3-6,16,18,30H,7-13H2,1-2H3,(H3,29,31,32,33). The second-order valence-electron chi connectivity index (χ2n) is 9.60. The van der Waals surface area contributed by atoms with Crippen molar-refractivity contribution in [1.82, 2.24) is 20.4 Å². The van der Waals surface area contributed by atoms with Crippen molar-refractivity contribution in [3.63, 3.8) is 0 Å². The number of ether oxygens (including phenoxy) is 1. The van der Waals surface area contributed by atoms with E-state index in [9.17, 15) is 23.3 Å². The smallest absolute Gasteiger partial charge is 0.405 e. The van der Waals surface area contributed by atoms with Gasteiger partial charge in [0.2, 0.25) is 11.8 Å². The summed E-state index contributed by atoms with van der Waals surface area (Å²) in [6.45, 7) is 4.34. The van der Waals surface area contributed by atoms with Crippen LogP contribution in [0.3, 0.4) is 0 Å². The first kappa shape index (κ1) is 28.1. The number of benzene rings is 1. The van der Waals surface area contributed by atoms with Crippen LogP contribution in [0, 0.1) is 29.9 Å². The Labute approximate surface area is 222 Å². The Balaban J connectivity index is 1.40. The number of nitrogens with zero attached hydrogens (tertiary/aromatic N) is 4.